The molecule has 57 heavy (non-hydrogen) atoms. The molecule has 0 aliphatic heterocycles. The fraction of sp³-hybridized carbons (Fsp3) is 0.833. The second kappa shape index (κ2) is 14.0. The molecule has 3 spiro atoms. The lowest BCUT2D eigenvalue weighted by atomic mass is 9.29. The number of aliphatic hydroxyl groups is 5. The van der Waals surface area contributed by atoms with Crippen LogP contribution in [-0.4, -0.2) is 85.6 Å². The van der Waals surface area contributed by atoms with Gasteiger partial charge in [-0.3, -0.25) is 4.79 Å². The number of aromatic nitrogens is 2. The Hall–Kier alpha value is -2.06. The monoisotopic (exact) mass is 787 g/mol. The molecule has 0 radical (unpaired) electrons. The highest BCUT2D eigenvalue weighted by atomic mass is 16.5. The predicted octanol–water partition coefficient (Wildman–Crippen LogP) is 6.18. The molecule has 9 heteroatoms. The number of nitrogens with zero attached hydrogens (tertiary/aromatic N) is 2. The minimum Gasteiger partial charge on any atom is -0.394 e. The zero-order valence-corrected chi connectivity index (χ0v) is 35.1. The number of ether oxygens (including phenoxy) is 1. The third-order valence-corrected chi connectivity index (χ3v) is 19.5. The van der Waals surface area contributed by atoms with Gasteiger partial charge in [0.05, 0.1) is 36.9 Å². The summed E-state index contributed by atoms with van der Waals surface area (Å²) in [5, 5.41) is 59.6. The molecule has 5 N–H and O–H groups in total. The van der Waals surface area contributed by atoms with E-state index in [-0.39, 0.29) is 40.3 Å². The highest BCUT2D eigenvalue weighted by Crippen LogP contribution is 2.81. The zero-order valence-electron chi connectivity index (χ0n) is 35.1. The molecule has 14 atom stereocenters. The van der Waals surface area contributed by atoms with Gasteiger partial charge in [-0.1, -0.05) is 45.1 Å². The van der Waals surface area contributed by atoms with E-state index < -0.39 is 58.1 Å². The van der Waals surface area contributed by atoms with Gasteiger partial charge in [-0.25, -0.2) is 4.98 Å². The summed E-state index contributed by atoms with van der Waals surface area (Å²) in [7, 11) is 1.73. The minimum absolute atomic E-state index is 0.0113. The molecule has 6 saturated carbocycles. The topological polar surface area (TPSA) is 145 Å². The van der Waals surface area contributed by atoms with Crippen LogP contribution in [0.25, 0.3) is 0 Å². The van der Waals surface area contributed by atoms with E-state index in [1.807, 2.05) is 13.3 Å². The number of carbonyl (C=O) groups excluding carboxylic acids is 1. The van der Waals surface area contributed by atoms with Crippen molar-refractivity contribution in [2.45, 2.75) is 167 Å². The van der Waals surface area contributed by atoms with Gasteiger partial charge in [0.1, 0.15) is 6.10 Å². The number of allylic oxidation sites excluding steroid dienone is 2. The largest absolute Gasteiger partial charge is 0.394 e. The molecule has 4 bridgehead atoms. The number of aliphatic hydroxyl groups excluding tert-OH is 5. The Bertz CT molecular complexity index is 1820. The van der Waals surface area contributed by atoms with Crippen molar-refractivity contribution in [3.8, 4) is 11.8 Å². The Morgan fingerprint density at radius 1 is 0.982 bits per heavy atom. The number of rotatable bonds is 8. The van der Waals surface area contributed by atoms with Crippen molar-refractivity contribution in [1.82, 2.24) is 9.55 Å². The molecule has 0 aromatic carbocycles. The summed E-state index contributed by atoms with van der Waals surface area (Å²) in [6, 6.07) is 0. The number of ketones is 1. The average Bonchev–Trinajstić information content (AvgIpc) is 3.83. The van der Waals surface area contributed by atoms with Crippen LogP contribution in [0, 0.1) is 73.4 Å². The maximum atomic E-state index is 15.8. The van der Waals surface area contributed by atoms with Crippen molar-refractivity contribution in [3.05, 3.63) is 29.9 Å². The Morgan fingerprint density at radius 3 is 2.51 bits per heavy atom. The summed E-state index contributed by atoms with van der Waals surface area (Å²) in [5.74, 6) is 6.50. The molecule has 0 saturated heterocycles. The average molecular weight is 787 g/mol. The smallest absolute Gasteiger partial charge is 0.159 e. The molecule has 314 valence electrons. The van der Waals surface area contributed by atoms with Gasteiger partial charge in [-0.15, -0.1) is 5.92 Å². The van der Waals surface area contributed by atoms with Crippen LogP contribution in [0.3, 0.4) is 0 Å². The first-order chi connectivity index (χ1) is 27.2. The van der Waals surface area contributed by atoms with Gasteiger partial charge in [-0.2, -0.15) is 0 Å². The van der Waals surface area contributed by atoms with E-state index in [0.717, 1.165) is 109 Å². The number of hydrogen-bond donors (Lipinski definition) is 5. The molecule has 0 amide bonds. The van der Waals surface area contributed by atoms with Crippen LogP contribution in [0.15, 0.2) is 24.2 Å². The first-order valence-corrected chi connectivity index (χ1v) is 22.8. The maximum absolute atomic E-state index is 15.8. The molecule has 10 rings (SSSR count). The number of aryl methyl sites for hydroxylation is 1. The molecular weight excluding hydrogens is 717 g/mol. The number of fused-ring (bicyclic) bond motifs is 4. The summed E-state index contributed by atoms with van der Waals surface area (Å²) < 4.78 is 7.56. The molecular formula is C48H70N2O7. The Labute approximate surface area is 340 Å². The van der Waals surface area contributed by atoms with Gasteiger partial charge >= 0.3 is 0 Å². The second-order valence-corrected chi connectivity index (χ2v) is 21.7. The zero-order chi connectivity index (χ0) is 40.2. The Balaban J connectivity index is 1.21. The van der Waals surface area contributed by atoms with Crippen molar-refractivity contribution >= 4 is 5.78 Å². The summed E-state index contributed by atoms with van der Waals surface area (Å²) >= 11 is 0. The molecule has 1 aromatic rings. The standard InChI is InChI=1S/C48H70N2O7/c1-42-15-6-5-11-38(54)48(45(29-42)16-7-8-17-45)34(24-42)33-22-35(52)41-46-18-12-31(26-50-27-32(49-30-50)10-9-21-57-4)23-47(41,43(33,2)25-39(48)55)20-13-36(46)44(3,40(56)28-51)37(53)14-19-46/h22,27,30-31,34,36-41,51,53-56H,6-10,12-21,23-26,28-29H2,1-4H3. The van der Waals surface area contributed by atoms with E-state index in [1.54, 1.807) is 7.11 Å². The number of hydrogen-bond acceptors (Lipinski definition) is 8. The van der Waals surface area contributed by atoms with Gasteiger partial charge in [0.25, 0.3) is 0 Å². The van der Waals surface area contributed by atoms with E-state index in [9.17, 15) is 25.5 Å². The van der Waals surface area contributed by atoms with E-state index in [1.165, 1.54) is 5.57 Å². The first-order valence-electron chi connectivity index (χ1n) is 22.8. The SMILES string of the molecule is COCCCc1cn(CC2CCC34CCC(O)C(C)(C(O)CO)C3CCC3(C2)C4C(=O)C=C2C4CC5(C)CCC#CC(O)C4(C(O)CC23C)C2(CCCC2)C5)cn1. The van der Waals surface area contributed by atoms with Gasteiger partial charge in [0, 0.05) is 49.6 Å². The highest BCUT2D eigenvalue weighted by molar-refractivity contribution is 5.96. The van der Waals surface area contributed by atoms with Crippen LogP contribution in [0.5, 0.6) is 0 Å². The maximum Gasteiger partial charge on any atom is 0.159 e. The summed E-state index contributed by atoms with van der Waals surface area (Å²) in [6.07, 6.45) is 17.8. The van der Waals surface area contributed by atoms with Gasteiger partial charge in [0.15, 0.2) is 5.78 Å². The van der Waals surface area contributed by atoms with E-state index in [4.69, 9.17) is 9.72 Å². The number of methoxy groups -OCH3 is 1. The molecule has 1 aromatic heterocycles. The second-order valence-electron chi connectivity index (χ2n) is 21.7. The summed E-state index contributed by atoms with van der Waals surface area (Å²) in [5.41, 5.74) is -1.25. The normalized spacial score (nSPS) is 47.5. The van der Waals surface area contributed by atoms with E-state index >= 15 is 4.79 Å². The molecule has 6 fully saturated rings. The molecule has 1 heterocycles. The minimum atomic E-state index is -1.10. The fourth-order valence-electron chi connectivity index (χ4n) is 17.3. The first kappa shape index (κ1) is 40.4. The summed E-state index contributed by atoms with van der Waals surface area (Å²) in [6.45, 7) is 7.86. The van der Waals surface area contributed by atoms with Crippen LogP contribution < -0.4 is 0 Å². The van der Waals surface area contributed by atoms with Crippen molar-refractivity contribution in [2.24, 2.45) is 61.6 Å². The van der Waals surface area contributed by atoms with Crippen LogP contribution >= 0.6 is 0 Å². The molecule has 9 aliphatic rings. The van der Waals surface area contributed by atoms with Gasteiger partial charge in [-0.05, 0) is 147 Å². The fourth-order valence-corrected chi connectivity index (χ4v) is 17.3. The third kappa shape index (κ3) is 5.41. The lowest BCUT2D eigenvalue weighted by Crippen LogP contribution is -2.73. The Morgan fingerprint density at radius 2 is 1.75 bits per heavy atom. The van der Waals surface area contributed by atoms with Crippen LogP contribution in [0.1, 0.15) is 136 Å². The van der Waals surface area contributed by atoms with E-state index in [0.29, 0.717) is 25.9 Å². The highest BCUT2D eigenvalue weighted by Gasteiger charge is 2.78. The number of carbonyl (C=O) groups is 1. The third-order valence-electron chi connectivity index (χ3n) is 19.5. The van der Waals surface area contributed by atoms with Crippen molar-refractivity contribution in [3.63, 3.8) is 0 Å². The van der Waals surface area contributed by atoms with Crippen LogP contribution in [-0.2, 0) is 22.5 Å². The Kier molecular flexibility index (Phi) is 9.91. The van der Waals surface area contributed by atoms with Gasteiger partial charge < -0.3 is 34.8 Å². The predicted molar refractivity (Wildman–Crippen MR) is 216 cm³/mol. The lowest BCUT2D eigenvalue weighted by Gasteiger charge is -2.74. The quantitative estimate of drug-likeness (QED) is 0.155. The van der Waals surface area contributed by atoms with Crippen LogP contribution in [0.4, 0.5) is 0 Å². The molecule has 14 unspecified atom stereocenters. The van der Waals surface area contributed by atoms with Crippen molar-refractivity contribution in [2.75, 3.05) is 20.3 Å². The summed E-state index contributed by atoms with van der Waals surface area (Å²) in [4.78, 5) is 20.6. The molecule has 9 aliphatic carbocycles. The van der Waals surface area contributed by atoms with Crippen molar-refractivity contribution < 1.29 is 35.1 Å². The number of imidazole rings is 1. The van der Waals surface area contributed by atoms with Crippen molar-refractivity contribution in [1.29, 1.82) is 0 Å². The van der Waals surface area contributed by atoms with Gasteiger partial charge in [0.2, 0.25) is 0 Å². The van der Waals surface area contributed by atoms with Crippen LogP contribution in [0.2, 0.25) is 0 Å². The lowest BCUT2D eigenvalue weighted by molar-refractivity contribution is -0.263. The molecule has 9 nitrogen and oxygen atoms in total. The van der Waals surface area contributed by atoms with E-state index in [2.05, 4.69) is 42.5 Å².